The van der Waals surface area contributed by atoms with Crippen molar-refractivity contribution >= 4 is 27.6 Å². The van der Waals surface area contributed by atoms with E-state index in [0.717, 1.165) is 10.9 Å². The molecule has 1 aromatic carbocycles. The molecule has 0 amide bonds. The Morgan fingerprint density at radius 3 is 2.80 bits per heavy atom. The minimum Gasteiger partial charge on any atom is -0.459 e. The van der Waals surface area contributed by atoms with Gasteiger partial charge in [-0.25, -0.2) is 4.79 Å². The van der Waals surface area contributed by atoms with Crippen LogP contribution in [-0.2, 0) is 4.74 Å². The van der Waals surface area contributed by atoms with Crippen LogP contribution in [0.15, 0.2) is 22.7 Å². The second kappa shape index (κ2) is 5.16. The van der Waals surface area contributed by atoms with E-state index in [4.69, 9.17) is 10.5 Å². The number of carbonyl (C=O) groups excluding carboxylic acids is 1. The molecule has 0 aromatic heterocycles. The summed E-state index contributed by atoms with van der Waals surface area (Å²) in [5.74, 6) is -0.366. The van der Waals surface area contributed by atoms with E-state index >= 15 is 0 Å². The lowest BCUT2D eigenvalue weighted by Gasteiger charge is -2.11. The van der Waals surface area contributed by atoms with Crippen LogP contribution in [0, 0.1) is 0 Å². The first-order valence-corrected chi connectivity index (χ1v) is 5.60. The molecule has 0 bridgehead atoms. The topological polar surface area (TPSA) is 52.3 Å². The van der Waals surface area contributed by atoms with Crippen LogP contribution in [0.3, 0.4) is 0 Å². The summed E-state index contributed by atoms with van der Waals surface area (Å²) in [4.78, 5) is 11.6. The summed E-state index contributed by atoms with van der Waals surface area (Å²) in [5.41, 5.74) is 6.55. The third kappa shape index (κ3) is 3.23. The van der Waals surface area contributed by atoms with Crippen molar-refractivity contribution in [3.63, 3.8) is 0 Å². The zero-order valence-electron chi connectivity index (χ0n) is 8.79. The van der Waals surface area contributed by atoms with Crippen LogP contribution >= 0.6 is 15.9 Å². The first-order chi connectivity index (χ1) is 7.04. The van der Waals surface area contributed by atoms with Gasteiger partial charge in [0.25, 0.3) is 0 Å². The molecule has 1 rings (SSSR count). The zero-order valence-corrected chi connectivity index (χ0v) is 10.4. The summed E-state index contributed by atoms with van der Waals surface area (Å²) in [6, 6.07) is 5.11. The number of rotatable bonds is 3. The van der Waals surface area contributed by atoms with Crippen molar-refractivity contribution in [3.8, 4) is 0 Å². The molecular formula is C11H14BrNO2. The minimum absolute atomic E-state index is 0.0828. The summed E-state index contributed by atoms with van der Waals surface area (Å²) in [7, 11) is 0. The van der Waals surface area contributed by atoms with E-state index in [0.29, 0.717) is 11.3 Å². The Balaban J connectivity index is 2.82. The number of benzene rings is 1. The van der Waals surface area contributed by atoms with Gasteiger partial charge in [0.1, 0.15) is 0 Å². The minimum atomic E-state index is -0.366. The van der Waals surface area contributed by atoms with E-state index in [-0.39, 0.29) is 12.1 Å². The zero-order chi connectivity index (χ0) is 11.4. The number of hydrogen-bond acceptors (Lipinski definition) is 3. The maximum absolute atomic E-state index is 11.6. The Morgan fingerprint density at radius 2 is 2.27 bits per heavy atom. The van der Waals surface area contributed by atoms with Gasteiger partial charge in [-0.2, -0.15) is 0 Å². The second-order valence-corrected chi connectivity index (χ2v) is 4.27. The highest BCUT2D eigenvalue weighted by atomic mass is 79.9. The Labute approximate surface area is 97.7 Å². The molecule has 0 fully saturated rings. The van der Waals surface area contributed by atoms with Gasteiger partial charge in [-0.1, -0.05) is 22.9 Å². The van der Waals surface area contributed by atoms with Crippen molar-refractivity contribution in [3.05, 3.63) is 28.2 Å². The predicted molar refractivity (Wildman–Crippen MR) is 63.7 cm³/mol. The highest BCUT2D eigenvalue weighted by Crippen LogP contribution is 2.19. The average molecular weight is 272 g/mol. The van der Waals surface area contributed by atoms with Crippen molar-refractivity contribution in [1.29, 1.82) is 0 Å². The van der Waals surface area contributed by atoms with Gasteiger partial charge in [0, 0.05) is 10.2 Å². The Hall–Kier alpha value is -1.03. The molecule has 2 N–H and O–H groups in total. The van der Waals surface area contributed by atoms with Crippen LogP contribution in [-0.4, -0.2) is 12.1 Å². The molecule has 1 atom stereocenters. The average Bonchev–Trinajstić information content (AvgIpc) is 2.17. The molecule has 1 unspecified atom stereocenters. The molecule has 0 aliphatic heterocycles. The molecule has 0 aliphatic rings. The highest BCUT2D eigenvalue weighted by Gasteiger charge is 2.13. The Morgan fingerprint density at radius 1 is 1.60 bits per heavy atom. The van der Waals surface area contributed by atoms with E-state index in [2.05, 4.69) is 15.9 Å². The number of nitrogens with two attached hydrogens (primary N) is 1. The van der Waals surface area contributed by atoms with Crippen LogP contribution in [0.1, 0.15) is 30.6 Å². The largest absolute Gasteiger partial charge is 0.459 e. The molecule has 0 saturated carbocycles. The SMILES string of the molecule is CCC(C)OC(=O)c1ccc(Br)cc1N. The molecule has 82 valence electrons. The van der Waals surface area contributed by atoms with Crippen LogP contribution in [0.25, 0.3) is 0 Å². The number of ether oxygens (including phenoxy) is 1. The lowest BCUT2D eigenvalue weighted by molar-refractivity contribution is 0.0336. The summed E-state index contributed by atoms with van der Waals surface area (Å²) in [5, 5.41) is 0. The number of hydrogen-bond donors (Lipinski definition) is 1. The fourth-order valence-corrected chi connectivity index (χ4v) is 1.43. The molecule has 0 spiro atoms. The Bertz CT molecular complexity index is 366. The van der Waals surface area contributed by atoms with Crippen molar-refractivity contribution in [2.24, 2.45) is 0 Å². The van der Waals surface area contributed by atoms with E-state index in [1.54, 1.807) is 18.2 Å². The fourth-order valence-electron chi connectivity index (χ4n) is 1.05. The molecule has 0 saturated heterocycles. The lowest BCUT2D eigenvalue weighted by atomic mass is 10.2. The maximum atomic E-state index is 11.6. The standard InChI is InChI=1S/C11H14BrNO2/c1-3-7(2)15-11(14)9-5-4-8(12)6-10(9)13/h4-7H,3,13H2,1-2H3. The fraction of sp³-hybridized carbons (Fsp3) is 0.364. The third-order valence-electron chi connectivity index (χ3n) is 2.12. The summed E-state index contributed by atoms with van der Waals surface area (Å²) in [6.45, 7) is 3.82. The van der Waals surface area contributed by atoms with Crippen molar-refractivity contribution in [1.82, 2.24) is 0 Å². The van der Waals surface area contributed by atoms with Crippen LogP contribution in [0.4, 0.5) is 5.69 Å². The van der Waals surface area contributed by atoms with Gasteiger partial charge in [-0.15, -0.1) is 0 Å². The summed E-state index contributed by atoms with van der Waals surface area (Å²) >= 11 is 3.28. The molecule has 0 aliphatic carbocycles. The van der Waals surface area contributed by atoms with Crippen molar-refractivity contribution in [2.45, 2.75) is 26.4 Å². The van der Waals surface area contributed by atoms with Gasteiger partial charge in [-0.3, -0.25) is 0 Å². The monoisotopic (exact) mass is 271 g/mol. The van der Waals surface area contributed by atoms with Crippen LogP contribution in [0.5, 0.6) is 0 Å². The smallest absolute Gasteiger partial charge is 0.340 e. The first-order valence-electron chi connectivity index (χ1n) is 4.80. The quantitative estimate of drug-likeness (QED) is 0.679. The van der Waals surface area contributed by atoms with Gasteiger partial charge in [0.15, 0.2) is 0 Å². The number of anilines is 1. The van der Waals surface area contributed by atoms with E-state index in [1.165, 1.54) is 0 Å². The molecule has 0 radical (unpaired) electrons. The predicted octanol–water partition coefficient (Wildman–Crippen LogP) is 2.99. The Kier molecular flexibility index (Phi) is 4.15. The number of esters is 1. The van der Waals surface area contributed by atoms with Gasteiger partial charge in [0.05, 0.1) is 11.7 Å². The first kappa shape index (κ1) is 12.0. The van der Waals surface area contributed by atoms with E-state index < -0.39 is 0 Å². The number of halogens is 1. The number of carbonyl (C=O) groups is 1. The van der Waals surface area contributed by atoms with Gasteiger partial charge >= 0.3 is 5.97 Å². The summed E-state index contributed by atoms with van der Waals surface area (Å²) in [6.07, 6.45) is 0.711. The van der Waals surface area contributed by atoms with E-state index in [1.807, 2.05) is 13.8 Å². The molecule has 15 heavy (non-hydrogen) atoms. The van der Waals surface area contributed by atoms with Gasteiger partial charge in [0.2, 0.25) is 0 Å². The van der Waals surface area contributed by atoms with Gasteiger partial charge < -0.3 is 10.5 Å². The summed E-state index contributed by atoms with van der Waals surface area (Å²) < 4.78 is 6.02. The normalized spacial score (nSPS) is 12.2. The van der Waals surface area contributed by atoms with Crippen LogP contribution in [0.2, 0.25) is 0 Å². The number of nitrogen functional groups attached to an aromatic ring is 1. The molecule has 3 nitrogen and oxygen atoms in total. The second-order valence-electron chi connectivity index (χ2n) is 3.36. The van der Waals surface area contributed by atoms with E-state index in [9.17, 15) is 4.79 Å². The maximum Gasteiger partial charge on any atom is 0.340 e. The third-order valence-corrected chi connectivity index (χ3v) is 2.61. The molecule has 4 heteroatoms. The van der Waals surface area contributed by atoms with Crippen molar-refractivity contribution < 1.29 is 9.53 Å². The van der Waals surface area contributed by atoms with Crippen molar-refractivity contribution in [2.75, 3.05) is 5.73 Å². The molecule has 1 aromatic rings. The van der Waals surface area contributed by atoms with Gasteiger partial charge in [-0.05, 0) is 31.5 Å². The lowest BCUT2D eigenvalue weighted by Crippen LogP contribution is -2.15. The molecule has 0 heterocycles. The highest BCUT2D eigenvalue weighted by molar-refractivity contribution is 9.10. The van der Waals surface area contributed by atoms with Crippen LogP contribution < -0.4 is 5.73 Å². The molecular weight excluding hydrogens is 258 g/mol.